The van der Waals surface area contributed by atoms with Gasteiger partial charge in [0.1, 0.15) is 0 Å². The molecule has 0 saturated heterocycles. The van der Waals surface area contributed by atoms with E-state index < -0.39 is 0 Å². The van der Waals surface area contributed by atoms with Gasteiger partial charge in [0.25, 0.3) is 0 Å². The second-order valence-electron chi connectivity index (χ2n) is 4.37. The molecule has 1 unspecified atom stereocenters. The van der Waals surface area contributed by atoms with Crippen LogP contribution in [0.25, 0.3) is 0 Å². The first-order chi connectivity index (χ1) is 9.58. The highest BCUT2D eigenvalue weighted by molar-refractivity contribution is 7.20. The molecule has 2 heterocycles. The SMILES string of the molecule is CCCn1ncc(Cl)c1C(NCC)c1cc(Cl)sc1Cl. The Morgan fingerprint density at radius 1 is 1.35 bits per heavy atom. The van der Waals surface area contributed by atoms with E-state index in [0.29, 0.717) is 13.7 Å². The molecule has 2 rings (SSSR count). The summed E-state index contributed by atoms with van der Waals surface area (Å²) in [6.07, 6.45) is 2.67. The molecule has 2 aromatic rings. The van der Waals surface area contributed by atoms with Crippen molar-refractivity contribution in [2.24, 2.45) is 0 Å². The van der Waals surface area contributed by atoms with Gasteiger partial charge in [-0.2, -0.15) is 5.10 Å². The third-order valence-corrected chi connectivity index (χ3v) is 4.75. The number of aromatic nitrogens is 2. The standard InChI is InChI=1S/C13H16Cl3N3S/c1-3-5-19-12(9(14)7-18-19)11(17-4-2)8-6-10(15)20-13(8)16/h6-7,11,17H,3-5H2,1-2H3. The average Bonchev–Trinajstić information content (AvgIpc) is 2.91. The minimum Gasteiger partial charge on any atom is -0.305 e. The van der Waals surface area contributed by atoms with E-state index in [-0.39, 0.29) is 6.04 Å². The lowest BCUT2D eigenvalue weighted by molar-refractivity contribution is 0.521. The Labute approximate surface area is 137 Å². The zero-order chi connectivity index (χ0) is 14.7. The molecule has 0 aromatic carbocycles. The molecular weight excluding hydrogens is 337 g/mol. The van der Waals surface area contributed by atoms with Crippen LogP contribution in [0.1, 0.15) is 37.6 Å². The van der Waals surface area contributed by atoms with Gasteiger partial charge in [-0.15, -0.1) is 11.3 Å². The van der Waals surface area contributed by atoms with Crippen LogP contribution in [-0.2, 0) is 6.54 Å². The fourth-order valence-corrected chi connectivity index (χ4v) is 3.94. The van der Waals surface area contributed by atoms with Crippen molar-refractivity contribution in [1.29, 1.82) is 0 Å². The van der Waals surface area contributed by atoms with E-state index in [1.165, 1.54) is 11.3 Å². The topological polar surface area (TPSA) is 29.9 Å². The quantitative estimate of drug-likeness (QED) is 0.791. The number of hydrogen-bond acceptors (Lipinski definition) is 3. The van der Waals surface area contributed by atoms with Crippen molar-refractivity contribution in [1.82, 2.24) is 15.1 Å². The van der Waals surface area contributed by atoms with Crippen molar-refractivity contribution in [3.05, 3.63) is 37.2 Å². The Morgan fingerprint density at radius 3 is 2.65 bits per heavy atom. The molecule has 1 N–H and O–H groups in total. The van der Waals surface area contributed by atoms with Crippen molar-refractivity contribution in [2.75, 3.05) is 6.54 Å². The fourth-order valence-electron chi connectivity index (χ4n) is 2.16. The van der Waals surface area contributed by atoms with Crippen molar-refractivity contribution in [3.8, 4) is 0 Å². The Kier molecular flexibility index (Phi) is 5.75. The predicted octanol–water partition coefficient (Wildman–Crippen LogP) is 5.01. The summed E-state index contributed by atoms with van der Waals surface area (Å²) in [4.78, 5) is 0. The maximum Gasteiger partial charge on any atom is 0.0996 e. The summed E-state index contributed by atoms with van der Waals surface area (Å²) in [6, 6.07) is 1.79. The average molecular weight is 353 g/mol. The van der Waals surface area contributed by atoms with Gasteiger partial charge in [-0.3, -0.25) is 4.68 Å². The van der Waals surface area contributed by atoms with Gasteiger partial charge in [0, 0.05) is 12.1 Å². The molecule has 0 aliphatic rings. The molecule has 0 radical (unpaired) electrons. The Bertz CT molecular complexity index is 579. The highest BCUT2D eigenvalue weighted by Gasteiger charge is 2.24. The zero-order valence-electron chi connectivity index (χ0n) is 11.3. The second-order valence-corrected chi connectivity index (χ2v) is 7.06. The van der Waals surface area contributed by atoms with E-state index in [1.54, 1.807) is 6.20 Å². The second kappa shape index (κ2) is 7.14. The number of thiophene rings is 1. The summed E-state index contributed by atoms with van der Waals surface area (Å²) in [5.41, 5.74) is 1.88. The van der Waals surface area contributed by atoms with Crippen LogP contribution >= 0.6 is 46.1 Å². The van der Waals surface area contributed by atoms with E-state index in [2.05, 4.69) is 17.3 Å². The maximum absolute atomic E-state index is 6.32. The van der Waals surface area contributed by atoms with Crippen LogP contribution in [0.4, 0.5) is 0 Å². The summed E-state index contributed by atoms with van der Waals surface area (Å²) in [7, 11) is 0. The third kappa shape index (κ3) is 3.31. The van der Waals surface area contributed by atoms with E-state index in [1.807, 2.05) is 17.7 Å². The molecule has 0 aliphatic heterocycles. The lowest BCUT2D eigenvalue weighted by Gasteiger charge is -2.19. The summed E-state index contributed by atoms with van der Waals surface area (Å²) in [5, 5.41) is 8.40. The highest BCUT2D eigenvalue weighted by Crippen LogP contribution is 2.39. The Hall–Kier alpha value is -0.260. The molecule has 0 amide bonds. The first-order valence-corrected chi connectivity index (χ1v) is 8.42. The predicted molar refractivity (Wildman–Crippen MR) is 87.4 cm³/mol. The fraction of sp³-hybridized carbons (Fsp3) is 0.462. The van der Waals surface area contributed by atoms with Crippen molar-refractivity contribution in [3.63, 3.8) is 0 Å². The lowest BCUT2D eigenvalue weighted by Crippen LogP contribution is -2.25. The van der Waals surface area contributed by atoms with Crippen LogP contribution in [0, 0.1) is 0 Å². The number of nitrogens with zero attached hydrogens (tertiary/aromatic N) is 2. The number of halogens is 3. The molecule has 0 fully saturated rings. The first kappa shape index (κ1) is 16.1. The summed E-state index contributed by atoms with van der Waals surface area (Å²) in [6.45, 7) is 5.76. The van der Waals surface area contributed by atoms with E-state index in [9.17, 15) is 0 Å². The van der Waals surface area contributed by atoms with Crippen molar-refractivity contribution >= 4 is 46.1 Å². The largest absolute Gasteiger partial charge is 0.305 e. The molecule has 2 aromatic heterocycles. The molecule has 0 spiro atoms. The van der Waals surface area contributed by atoms with Gasteiger partial charge < -0.3 is 5.32 Å². The number of rotatable bonds is 6. The normalized spacial score (nSPS) is 12.8. The molecule has 110 valence electrons. The maximum atomic E-state index is 6.32. The minimum atomic E-state index is -0.0993. The smallest absolute Gasteiger partial charge is 0.0996 e. The molecule has 0 saturated carbocycles. The van der Waals surface area contributed by atoms with Gasteiger partial charge in [0.15, 0.2) is 0 Å². The van der Waals surface area contributed by atoms with Gasteiger partial charge in [-0.25, -0.2) is 0 Å². The molecule has 0 bridgehead atoms. The number of aryl methyl sites for hydroxylation is 1. The number of hydrogen-bond donors (Lipinski definition) is 1. The van der Waals surface area contributed by atoms with Gasteiger partial charge in [0.2, 0.25) is 0 Å². The lowest BCUT2D eigenvalue weighted by atomic mass is 10.1. The van der Waals surface area contributed by atoms with Crippen LogP contribution in [0.5, 0.6) is 0 Å². The highest BCUT2D eigenvalue weighted by atomic mass is 35.5. The van der Waals surface area contributed by atoms with Crippen LogP contribution < -0.4 is 5.32 Å². The van der Waals surface area contributed by atoms with Crippen molar-refractivity contribution in [2.45, 2.75) is 32.9 Å². The van der Waals surface area contributed by atoms with Crippen molar-refractivity contribution < 1.29 is 0 Å². The van der Waals surface area contributed by atoms with Gasteiger partial charge in [0.05, 0.1) is 31.6 Å². The molecular formula is C13H16Cl3N3S. The third-order valence-electron chi connectivity index (χ3n) is 2.94. The molecule has 3 nitrogen and oxygen atoms in total. The number of nitrogens with one attached hydrogen (secondary N) is 1. The Morgan fingerprint density at radius 2 is 2.10 bits per heavy atom. The van der Waals surface area contributed by atoms with Crippen LogP contribution in [0.15, 0.2) is 12.3 Å². The van der Waals surface area contributed by atoms with Crippen LogP contribution in [-0.4, -0.2) is 16.3 Å². The summed E-state index contributed by atoms with van der Waals surface area (Å²) < 4.78 is 3.28. The van der Waals surface area contributed by atoms with E-state index in [0.717, 1.165) is 30.8 Å². The molecule has 20 heavy (non-hydrogen) atoms. The minimum absolute atomic E-state index is 0.0993. The van der Waals surface area contributed by atoms with Crippen LogP contribution in [0.2, 0.25) is 13.7 Å². The summed E-state index contributed by atoms with van der Waals surface area (Å²) >= 11 is 20.0. The molecule has 7 heteroatoms. The van der Waals surface area contributed by atoms with Crippen LogP contribution in [0.3, 0.4) is 0 Å². The van der Waals surface area contributed by atoms with Gasteiger partial charge >= 0.3 is 0 Å². The monoisotopic (exact) mass is 351 g/mol. The van der Waals surface area contributed by atoms with E-state index in [4.69, 9.17) is 34.8 Å². The van der Waals surface area contributed by atoms with Gasteiger partial charge in [-0.05, 0) is 19.0 Å². The molecule has 1 atom stereocenters. The van der Waals surface area contributed by atoms with Gasteiger partial charge in [-0.1, -0.05) is 48.7 Å². The van der Waals surface area contributed by atoms with E-state index >= 15 is 0 Å². The molecule has 0 aliphatic carbocycles. The Balaban J connectivity index is 2.48. The first-order valence-electron chi connectivity index (χ1n) is 6.47. The zero-order valence-corrected chi connectivity index (χ0v) is 14.4. The summed E-state index contributed by atoms with van der Waals surface area (Å²) in [5.74, 6) is 0.